The highest BCUT2D eigenvalue weighted by Gasteiger charge is 2.24. The van der Waals surface area contributed by atoms with Crippen LogP contribution in [0.15, 0.2) is 30.3 Å². The maximum absolute atomic E-state index is 11.2. The van der Waals surface area contributed by atoms with Crippen LogP contribution in [0.1, 0.15) is 9.67 Å². The SMILES string of the molecule is O=C(O)COc1c(C(=O)O)sc(-c2ccccc2)c1Cl. The molecule has 0 saturated heterocycles. The molecule has 2 aromatic rings. The van der Waals surface area contributed by atoms with Crippen LogP contribution in [0.25, 0.3) is 10.4 Å². The zero-order valence-electron chi connectivity index (χ0n) is 10.00. The molecule has 1 heterocycles. The van der Waals surface area contributed by atoms with E-state index in [1.807, 2.05) is 6.07 Å². The largest absolute Gasteiger partial charge is 0.479 e. The lowest BCUT2D eigenvalue weighted by Crippen LogP contribution is -2.10. The molecule has 0 aliphatic rings. The first kappa shape index (κ1) is 14.4. The topological polar surface area (TPSA) is 83.8 Å². The molecule has 0 unspecified atom stereocenters. The Morgan fingerprint density at radius 3 is 2.40 bits per heavy atom. The van der Waals surface area contributed by atoms with E-state index >= 15 is 0 Å². The first-order valence-corrected chi connectivity index (χ1v) is 6.65. The number of halogens is 1. The van der Waals surface area contributed by atoms with Crippen molar-refractivity contribution in [1.82, 2.24) is 0 Å². The second-order valence-electron chi connectivity index (χ2n) is 3.76. The molecule has 0 fully saturated rings. The number of aliphatic carboxylic acids is 1. The Balaban J connectivity index is 2.48. The van der Waals surface area contributed by atoms with Crippen molar-refractivity contribution in [3.05, 3.63) is 40.2 Å². The molecule has 104 valence electrons. The molecule has 2 rings (SSSR count). The monoisotopic (exact) mass is 312 g/mol. The molecular weight excluding hydrogens is 304 g/mol. The number of rotatable bonds is 5. The van der Waals surface area contributed by atoms with Crippen molar-refractivity contribution in [3.8, 4) is 16.2 Å². The number of aromatic carboxylic acids is 1. The van der Waals surface area contributed by atoms with Crippen molar-refractivity contribution < 1.29 is 24.5 Å². The number of benzene rings is 1. The molecule has 0 amide bonds. The number of carboxylic acid groups (broad SMARTS) is 2. The van der Waals surface area contributed by atoms with Gasteiger partial charge >= 0.3 is 11.9 Å². The molecule has 0 spiro atoms. The summed E-state index contributed by atoms with van der Waals surface area (Å²) in [4.78, 5) is 22.1. The molecule has 0 radical (unpaired) electrons. The van der Waals surface area contributed by atoms with Crippen LogP contribution in [0, 0.1) is 0 Å². The fourth-order valence-corrected chi connectivity index (χ4v) is 2.99. The fraction of sp³-hybridized carbons (Fsp3) is 0.0769. The molecule has 0 bridgehead atoms. The summed E-state index contributed by atoms with van der Waals surface area (Å²) in [6, 6.07) is 8.98. The van der Waals surface area contributed by atoms with Gasteiger partial charge in [0, 0.05) is 0 Å². The summed E-state index contributed by atoms with van der Waals surface area (Å²) in [5.74, 6) is -2.52. The maximum Gasteiger partial charge on any atom is 0.349 e. The second-order valence-corrected chi connectivity index (χ2v) is 5.16. The van der Waals surface area contributed by atoms with Gasteiger partial charge in [0.15, 0.2) is 17.2 Å². The van der Waals surface area contributed by atoms with E-state index in [4.69, 9.17) is 26.6 Å². The zero-order valence-corrected chi connectivity index (χ0v) is 11.6. The van der Waals surface area contributed by atoms with Gasteiger partial charge in [-0.25, -0.2) is 9.59 Å². The van der Waals surface area contributed by atoms with E-state index in [0.29, 0.717) is 4.88 Å². The van der Waals surface area contributed by atoms with E-state index in [0.717, 1.165) is 16.9 Å². The summed E-state index contributed by atoms with van der Waals surface area (Å²) in [7, 11) is 0. The number of thiophene rings is 1. The summed E-state index contributed by atoms with van der Waals surface area (Å²) in [6.07, 6.45) is 0. The number of ether oxygens (including phenoxy) is 1. The molecule has 2 N–H and O–H groups in total. The average molecular weight is 313 g/mol. The van der Waals surface area contributed by atoms with E-state index in [2.05, 4.69) is 0 Å². The van der Waals surface area contributed by atoms with Gasteiger partial charge in [-0.3, -0.25) is 0 Å². The Morgan fingerprint density at radius 2 is 1.85 bits per heavy atom. The molecule has 0 saturated carbocycles. The fourth-order valence-electron chi connectivity index (χ4n) is 1.57. The van der Waals surface area contributed by atoms with Crippen molar-refractivity contribution in [1.29, 1.82) is 0 Å². The minimum atomic E-state index is -1.21. The van der Waals surface area contributed by atoms with Gasteiger partial charge in [0.25, 0.3) is 0 Å². The van der Waals surface area contributed by atoms with Crippen LogP contribution in [-0.4, -0.2) is 28.8 Å². The zero-order chi connectivity index (χ0) is 14.7. The van der Waals surface area contributed by atoms with Crippen molar-refractivity contribution in [3.63, 3.8) is 0 Å². The van der Waals surface area contributed by atoms with E-state index in [1.54, 1.807) is 24.3 Å². The molecule has 0 atom stereocenters. The number of hydrogen-bond acceptors (Lipinski definition) is 4. The standard InChI is InChI=1S/C13H9ClO5S/c14-9-10(19-6-8(15)16)12(13(17)18)20-11(9)7-4-2-1-3-5-7/h1-5H,6H2,(H,15,16)(H,17,18). The summed E-state index contributed by atoms with van der Waals surface area (Å²) in [5.41, 5.74) is 0.746. The van der Waals surface area contributed by atoms with Gasteiger partial charge in [-0.1, -0.05) is 41.9 Å². The van der Waals surface area contributed by atoms with Crippen molar-refractivity contribution in [2.24, 2.45) is 0 Å². The van der Waals surface area contributed by atoms with Crippen LogP contribution in [0.2, 0.25) is 5.02 Å². The third-order valence-corrected chi connectivity index (χ3v) is 4.06. The van der Waals surface area contributed by atoms with Crippen molar-refractivity contribution >= 4 is 34.9 Å². The lowest BCUT2D eigenvalue weighted by molar-refractivity contribution is -0.139. The highest BCUT2D eigenvalue weighted by Crippen LogP contribution is 2.45. The van der Waals surface area contributed by atoms with Crippen LogP contribution in [-0.2, 0) is 4.79 Å². The van der Waals surface area contributed by atoms with E-state index < -0.39 is 18.5 Å². The Morgan fingerprint density at radius 1 is 1.20 bits per heavy atom. The Labute approximate surface area is 123 Å². The summed E-state index contributed by atoms with van der Waals surface area (Å²) < 4.78 is 4.99. The predicted molar refractivity (Wildman–Crippen MR) is 74.9 cm³/mol. The van der Waals surface area contributed by atoms with Crippen LogP contribution >= 0.6 is 22.9 Å². The maximum atomic E-state index is 11.2. The summed E-state index contributed by atoms with van der Waals surface area (Å²) in [6.45, 7) is -0.648. The van der Waals surface area contributed by atoms with Crippen LogP contribution in [0.5, 0.6) is 5.75 Å². The van der Waals surface area contributed by atoms with Crippen molar-refractivity contribution in [2.75, 3.05) is 6.61 Å². The molecule has 1 aromatic heterocycles. The molecule has 0 aliphatic heterocycles. The number of hydrogen-bond donors (Lipinski definition) is 2. The Kier molecular flexibility index (Phi) is 4.26. The second kappa shape index (κ2) is 5.94. The van der Waals surface area contributed by atoms with Crippen molar-refractivity contribution in [2.45, 2.75) is 0 Å². The van der Waals surface area contributed by atoms with Gasteiger partial charge in [-0.2, -0.15) is 0 Å². The predicted octanol–water partition coefficient (Wildman–Crippen LogP) is 3.23. The normalized spacial score (nSPS) is 10.2. The first-order chi connectivity index (χ1) is 9.50. The molecule has 5 nitrogen and oxygen atoms in total. The van der Waals surface area contributed by atoms with E-state index in [1.165, 1.54) is 0 Å². The van der Waals surface area contributed by atoms with Gasteiger partial charge in [-0.05, 0) is 5.56 Å². The average Bonchev–Trinajstić information content (AvgIpc) is 2.75. The molecular formula is C13H9ClO5S. The smallest absolute Gasteiger partial charge is 0.349 e. The third-order valence-electron chi connectivity index (χ3n) is 2.38. The lowest BCUT2D eigenvalue weighted by Gasteiger charge is -2.03. The molecule has 1 aromatic carbocycles. The van der Waals surface area contributed by atoms with Gasteiger partial charge in [-0.15, -0.1) is 11.3 Å². The molecule has 20 heavy (non-hydrogen) atoms. The molecule has 0 aliphatic carbocycles. The van der Waals surface area contributed by atoms with Gasteiger partial charge in [0.2, 0.25) is 0 Å². The van der Waals surface area contributed by atoms with Crippen LogP contribution in [0.3, 0.4) is 0 Å². The molecule has 7 heteroatoms. The summed E-state index contributed by atoms with van der Waals surface area (Å²) in [5, 5.41) is 17.9. The minimum absolute atomic E-state index is 0.106. The highest BCUT2D eigenvalue weighted by molar-refractivity contribution is 7.18. The Bertz CT molecular complexity index is 650. The van der Waals surface area contributed by atoms with Gasteiger partial charge < -0.3 is 14.9 Å². The third kappa shape index (κ3) is 2.92. The Hall–Kier alpha value is -2.05. The number of carboxylic acids is 2. The quantitative estimate of drug-likeness (QED) is 0.885. The van der Waals surface area contributed by atoms with Crippen LogP contribution < -0.4 is 4.74 Å². The van der Waals surface area contributed by atoms with Crippen LogP contribution in [0.4, 0.5) is 0 Å². The number of carbonyl (C=O) groups is 2. The minimum Gasteiger partial charge on any atom is -0.479 e. The summed E-state index contributed by atoms with van der Waals surface area (Å²) >= 11 is 7.07. The van der Waals surface area contributed by atoms with E-state index in [-0.39, 0.29) is 15.6 Å². The highest BCUT2D eigenvalue weighted by atomic mass is 35.5. The lowest BCUT2D eigenvalue weighted by atomic mass is 10.2. The van der Waals surface area contributed by atoms with E-state index in [9.17, 15) is 9.59 Å². The first-order valence-electron chi connectivity index (χ1n) is 5.46. The van der Waals surface area contributed by atoms with Gasteiger partial charge in [0.05, 0.1) is 4.88 Å². The van der Waals surface area contributed by atoms with Gasteiger partial charge in [0.1, 0.15) is 5.02 Å².